The lowest BCUT2D eigenvalue weighted by Gasteiger charge is -2.21. The smallest absolute Gasteiger partial charge is 0.0809 e. The highest BCUT2D eigenvalue weighted by Crippen LogP contribution is 2.23. The van der Waals surface area contributed by atoms with Crippen LogP contribution in [0.5, 0.6) is 0 Å². The SMILES string of the molecule is CCC(CC)NC(C)c1cnc2ccsc2c1. The first-order valence-electron chi connectivity index (χ1n) is 6.33. The van der Waals surface area contributed by atoms with Gasteiger partial charge in [0, 0.05) is 18.3 Å². The van der Waals surface area contributed by atoms with Gasteiger partial charge in [-0.2, -0.15) is 0 Å². The zero-order valence-electron chi connectivity index (χ0n) is 10.7. The molecule has 2 aromatic rings. The van der Waals surface area contributed by atoms with E-state index >= 15 is 0 Å². The van der Waals surface area contributed by atoms with E-state index in [4.69, 9.17) is 0 Å². The van der Waals surface area contributed by atoms with Gasteiger partial charge < -0.3 is 5.32 Å². The molecule has 0 aliphatic carbocycles. The van der Waals surface area contributed by atoms with Crippen LogP contribution in [-0.4, -0.2) is 11.0 Å². The molecule has 1 atom stereocenters. The normalized spacial score (nSPS) is 13.4. The maximum Gasteiger partial charge on any atom is 0.0809 e. The van der Waals surface area contributed by atoms with E-state index in [-0.39, 0.29) is 0 Å². The predicted octanol–water partition coefficient (Wildman–Crippen LogP) is 4.14. The van der Waals surface area contributed by atoms with E-state index in [0.717, 1.165) is 5.52 Å². The van der Waals surface area contributed by atoms with Gasteiger partial charge in [0.1, 0.15) is 0 Å². The highest BCUT2D eigenvalue weighted by Gasteiger charge is 2.11. The Bertz CT molecular complexity index is 474. The minimum atomic E-state index is 0.374. The molecule has 3 heteroatoms. The van der Waals surface area contributed by atoms with Gasteiger partial charge in [-0.15, -0.1) is 11.3 Å². The molecule has 2 rings (SSSR count). The molecule has 0 aromatic carbocycles. The molecule has 0 amide bonds. The van der Waals surface area contributed by atoms with Crippen molar-refractivity contribution in [2.24, 2.45) is 0 Å². The second-order valence-electron chi connectivity index (χ2n) is 4.47. The van der Waals surface area contributed by atoms with Gasteiger partial charge >= 0.3 is 0 Å². The Labute approximate surface area is 107 Å². The molecule has 92 valence electrons. The van der Waals surface area contributed by atoms with Gasteiger partial charge in [0.15, 0.2) is 0 Å². The third-order valence-corrected chi connectivity index (χ3v) is 4.15. The minimum Gasteiger partial charge on any atom is -0.307 e. The number of nitrogens with zero attached hydrogens (tertiary/aromatic N) is 1. The average Bonchev–Trinajstić information content (AvgIpc) is 2.82. The fraction of sp³-hybridized carbons (Fsp3) is 0.500. The van der Waals surface area contributed by atoms with Crippen LogP contribution in [0.15, 0.2) is 23.7 Å². The number of hydrogen-bond donors (Lipinski definition) is 1. The van der Waals surface area contributed by atoms with Crippen molar-refractivity contribution in [3.8, 4) is 0 Å². The third kappa shape index (κ3) is 2.85. The monoisotopic (exact) mass is 248 g/mol. The molecular formula is C14H20N2S. The van der Waals surface area contributed by atoms with Crippen LogP contribution in [0, 0.1) is 0 Å². The van der Waals surface area contributed by atoms with Gasteiger partial charge in [-0.3, -0.25) is 4.98 Å². The van der Waals surface area contributed by atoms with Gasteiger partial charge in [0.25, 0.3) is 0 Å². The first-order chi connectivity index (χ1) is 8.24. The van der Waals surface area contributed by atoms with Crippen LogP contribution in [0.3, 0.4) is 0 Å². The Morgan fingerprint density at radius 2 is 2.12 bits per heavy atom. The standard InChI is InChI=1S/C14H20N2S/c1-4-12(5-2)16-10(3)11-8-14-13(15-9-11)6-7-17-14/h6-10,12,16H,4-5H2,1-3H3. The number of thiophene rings is 1. The molecule has 2 aromatic heterocycles. The Morgan fingerprint density at radius 1 is 1.35 bits per heavy atom. The molecule has 0 spiro atoms. The van der Waals surface area contributed by atoms with Gasteiger partial charge in [-0.1, -0.05) is 13.8 Å². The number of pyridine rings is 1. The van der Waals surface area contributed by atoms with Crippen LogP contribution in [0.1, 0.15) is 45.2 Å². The van der Waals surface area contributed by atoms with Gasteiger partial charge in [0.2, 0.25) is 0 Å². The Hall–Kier alpha value is -0.930. The summed E-state index contributed by atoms with van der Waals surface area (Å²) in [4.78, 5) is 4.49. The lowest BCUT2D eigenvalue weighted by molar-refractivity contribution is 0.432. The molecule has 0 saturated carbocycles. The average molecular weight is 248 g/mol. The number of fused-ring (bicyclic) bond motifs is 1. The lowest BCUT2D eigenvalue weighted by atomic mass is 10.1. The van der Waals surface area contributed by atoms with Crippen molar-refractivity contribution in [2.45, 2.75) is 45.7 Å². The van der Waals surface area contributed by atoms with Crippen LogP contribution in [0.25, 0.3) is 10.2 Å². The highest BCUT2D eigenvalue weighted by atomic mass is 32.1. The second-order valence-corrected chi connectivity index (χ2v) is 5.42. The van der Waals surface area contributed by atoms with Crippen LogP contribution in [0.4, 0.5) is 0 Å². The summed E-state index contributed by atoms with van der Waals surface area (Å²) in [5.74, 6) is 0. The van der Waals surface area contributed by atoms with Crippen LogP contribution < -0.4 is 5.32 Å². The van der Waals surface area contributed by atoms with E-state index in [9.17, 15) is 0 Å². The second kappa shape index (κ2) is 5.61. The van der Waals surface area contributed by atoms with Crippen molar-refractivity contribution in [2.75, 3.05) is 0 Å². The van der Waals surface area contributed by atoms with Crippen molar-refractivity contribution in [1.29, 1.82) is 0 Å². The van der Waals surface area contributed by atoms with Crippen LogP contribution >= 0.6 is 11.3 Å². The molecule has 17 heavy (non-hydrogen) atoms. The molecule has 0 aliphatic rings. The molecule has 1 unspecified atom stereocenters. The summed E-state index contributed by atoms with van der Waals surface area (Å²) < 4.78 is 1.28. The summed E-state index contributed by atoms with van der Waals surface area (Å²) >= 11 is 1.76. The van der Waals surface area contributed by atoms with Crippen molar-refractivity contribution in [3.63, 3.8) is 0 Å². The first kappa shape index (κ1) is 12.5. The predicted molar refractivity (Wildman–Crippen MR) is 75.5 cm³/mol. The third-order valence-electron chi connectivity index (χ3n) is 3.30. The van der Waals surface area contributed by atoms with Crippen LogP contribution in [-0.2, 0) is 0 Å². The lowest BCUT2D eigenvalue weighted by Crippen LogP contribution is -2.30. The van der Waals surface area contributed by atoms with Crippen molar-refractivity contribution in [3.05, 3.63) is 29.3 Å². The van der Waals surface area contributed by atoms with Crippen molar-refractivity contribution < 1.29 is 0 Å². The molecule has 2 heterocycles. The first-order valence-corrected chi connectivity index (χ1v) is 7.21. The van der Waals surface area contributed by atoms with Crippen molar-refractivity contribution >= 4 is 21.6 Å². The summed E-state index contributed by atoms with van der Waals surface area (Å²) in [5.41, 5.74) is 2.39. The van der Waals surface area contributed by atoms with Gasteiger partial charge in [-0.25, -0.2) is 0 Å². The Morgan fingerprint density at radius 3 is 2.82 bits per heavy atom. The summed E-state index contributed by atoms with van der Waals surface area (Å²) in [6, 6.07) is 5.30. The largest absolute Gasteiger partial charge is 0.307 e. The van der Waals surface area contributed by atoms with E-state index in [1.54, 1.807) is 11.3 Å². The zero-order chi connectivity index (χ0) is 12.3. The van der Waals surface area contributed by atoms with Crippen LogP contribution in [0.2, 0.25) is 0 Å². The summed E-state index contributed by atoms with van der Waals surface area (Å²) in [6.45, 7) is 6.68. The molecular weight excluding hydrogens is 228 g/mol. The Kier molecular flexibility index (Phi) is 4.13. The molecule has 1 N–H and O–H groups in total. The maximum absolute atomic E-state index is 4.49. The Balaban J connectivity index is 2.14. The molecule has 0 saturated heterocycles. The van der Waals surface area contributed by atoms with Gasteiger partial charge in [0.05, 0.1) is 10.2 Å². The minimum absolute atomic E-state index is 0.374. The topological polar surface area (TPSA) is 24.9 Å². The zero-order valence-corrected chi connectivity index (χ0v) is 11.6. The van der Waals surface area contributed by atoms with E-state index < -0.39 is 0 Å². The highest BCUT2D eigenvalue weighted by molar-refractivity contribution is 7.17. The molecule has 0 fully saturated rings. The summed E-state index contributed by atoms with van der Waals surface area (Å²) in [5, 5.41) is 5.75. The molecule has 0 radical (unpaired) electrons. The van der Waals surface area contributed by atoms with E-state index in [0.29, 0.717) is 12.1 Å². The number of rotatable bonds is 5. The fourth-order valence-electron chi connectivity index (χ4n) is 2.07. The summed E-state index contributed by atoms with van der Waals surface area (Å²) in [6.07, 6.45) is 4.35. The van der Waals surface area contributed by atoms with Crippen molar-refractivity contribution in [1.82, 2.24) is 10.3 Å². The molecule has 2 nitrogen and oxygen atoms in total. The number of nitrogens with one attached hydrogen (secondary N) is 1. The number of aromatic nitrogens is 1. The number of hydrogen-bond acceptors (Lipinski definition) is 3. The summed E-state index contributed by atoms with van der Waals surface area (Å²) in [7, 11) is 0. The fourth-order valence-corrected chi connectivity index (χ4v) is 2.86. The maximum atomic E-state index is 4.49. The van der Waals surface area contributed by atoms with Gasteiger partial charge in [-0.05, 0) is 42.8 Å². The van der Waals surface area contributed by atoms with E-state index in [2.05, 4.69) is 48.6 Å². The van der Waals surface area contributed by atoms with E-state index in [1.807, 2.05) is 6.20 Å². The quantitative estimate of drug-likeness (QED) is 0.860. The molecule has 0 bridgehead atoms. The molecule has 0 aliphatic heterocycles. The van der Waals surface area contributed by atoms with E-state index in [1.165, 1.54) is 23.1 Å².